The smallest absolute Gasteiger partial charge is 0.251 e. The van der Waals surface area contributed by atoms with E-state index in [0.717, 1.165) is 23.2 Å². The SMILES string of the molecule is CCc1cccc(C)c1NC(=O)/C=C(/C)C(=O)Nc1ccc(C(C)=O)cc1. The zero-order valence-corrected chi connectivity index (χ0v) is 16.1. The number of hydrogen-bond donors (Lipinski definition) is 2. The summed E-state index contributed by atoms with van der Waals surface area (Å²) in [4.78, 5) is 35.9. The van der Waals surface area contributed by atoms with Gasteiger partial charge in [0.1, 0.15) is 0 Å². The van der Waals surface area contributed by atoms with Gasteiger partial charge in [0.05, 0.1) is 0 Å². The Kier molecular flexibility index (Phi) is 6.66. The quantitative estimate of drug-likeness (QED) is 0.593. The van der Waals surface area contributed by atoms with Crippen molar-refractivity contribution >= 4 is 29.0 Å². The molecule has 2 aromatic rings. The average Bonchev–Trinajstić information content (AvgIpc) is 2.63. The lowest BCUT2D eigenvalue weighted by Crippen LogP contribution is -2.17. The summed E-state index contributed by atoms with van der Waals surface area (Å²) < 4.78 is 0. The number of ketones is 1. The van der Waals surface area contributed by atoms with Crippen molar-refractivity contribution < 1.29 is 14.4 Å². The molecule has 2 N–H and O–H groups in total. The first-order chi connectivity index (χ1) is 12.8. The van der Waals surface area contributed by atoms with E-state index in [0.29, 0.717) is 11.3 Å². The molecule has 5 nitrogen and oxygen atoms in total. The summed E-state index contributed by atoms with van der Waals surface area (Å²) in [5.74, 6) is -0.761. The summed E-state index contributed by atoms with van der Waals surface area (Å²) in [7, 11) is 0. The fourth-order valence-electron chi connectivity index (χ4n) is 2.64. The van der Waals surface area contributed by atoms with Crippen LogP contribution in [0.1, 0.15) is 42.3 Å². The molecule has 0 radical (unpaired) electrons. The summed E-state index contributed by atoms with van der Waals surface area (Å²) in [5, 5.41) is 5.58. The minimum atomic E-state index is -0.374. The predicted molar refractivity (Wildman–Crippen MR) is 108 cm³/mol. The van der Waals surface area contributed by atoms with Crippen LogP contribution >= 0.6 is 0 Å². The molecule has 2 aromatic carbocycles. The maximum absolute atomic E-state index is 12.3. The Balaban J connectivity index is 2.06. The molecular weight excluding hydrogens is 340 g/mol. The van der Waals surface area contributed by atoms with Gasteiger partial charge in [0.2, 0.25) is 5.91 Å². The lowest BCUT2D eigenvalue weighted by molar-refractivity contribution is -0.114. The van der Waals surface area contributed by atoms with Crippen LogP contribution < -0.4 is 10.6 Å². The third-order valence-electron chi connectivity index (χ3n) is 4.24. The maximum Gasteiger partial charge on any atom is 0.251 e. The number of hydrogen-bond acceptors (Lipinski definition) is 3. The zero-order valence-electron chi connectivity index (χ0n) is 16.1. The predicted octanol–water partition coefficient (Wildman–Crippen LogP) is 4.28. The van der Waals surface area contributed by atoms with Crippen molar-refractivity contribution in [3.63, 3.8) is 0 Å². The second-order valence-corrected chi connectivity index (χ2v) is 6.37. The van der Waals surface area contributed by atoms with Crippen molar-refractivity contribution in [2.24, 2.45) is 0 Å². The van der Waals surface area contributed by atoms with E-state index in [1.807, 2.05) is 32.0 Å². The van der Waals surface area contributed by atoms with Crippen molar-refractivity contribution in [1.82, 2.24) is 0 Å². The molecule has 0 saturated carbocycles. The largest absolute Gasteiger partial charge is 0.322 e. The third kappa shape index (κ3) is 5.38. The monoisotopic (exact) mass is 364 g/mol. The molecular formula is C22H24N2O3. The molecule has 0 aliphatic heterocycles. The first kappa shape index (κ1) is 20.1. The number of aryl methyl sites for hydroxylation is 2. The van der Waals surface area contributed by atoms with Crippen molar-refractivity contribution in [2.45, 2.75) is 34.1 Å². The van der Waals surface area contributed by atoms with Crippen molar-refractivity contribution in [3.8, 4) is 0 Å². The number of carbonyl (C=O) groups is 3. The summed E-state index contributed by atoms with van der Waals surface area (Å²) >= 11 is 0. The van der Waals surface area contributed by atoms with Gasteiger partial charge >= 0.3 is 0 Å². The van der Waals surface area contributed by atoms with E-state index in [1.165, 1.54) is 13.0 Å². The number of amides is 2. The summed E-state index contributed by atoms with van der Waals surface area (Å²) in [6.07, 6.45) is 2.09. The van der Waals surface area contributed by atoms with Crippen LogP contribution in [0.2, 0.25) is 0 Å². The van der Waals surface area contributed by atoms with Crippen LogP contribution in [0.3, 0.4) is 0 Å². The molecule has 0 atom stereocenters. The van der Waals surface area contributed by atoms with Gasteiger partial charge in [-0.1, -0.05) is 25.1 Å². The highest BCUT2D eigenvalue weighted by Crippen LogP contribution is 2.21. The number of benzene rings is 2. The van der Waals surface area contributed by atoms with Gasteiger partial charge in [-0.3, -0.25) is 14.4 Å². The van der Waals surface area contributed by atoms with Crippen LogP contribution in [0.5, 0.6) is 0 Å². The van der Waals surface area contributed by atoms with E-state index in [4.69, 9.17) is 0 Å². The first-order valence-electron chi connectivity index (χ1n) is 8.82. The number of Topliss-reactive ketones (excluding diaryl/α,β-unsaturated/α-hetero) is 1. The van der Waals surface area contributed by atoms with Crippen molar-refractivity contribution in [2.75, 3.05) is 10.6 Å². The molecule has 0 unspecified atom stereocenters. The van der Waals surface area contributed by atoms with Crippen LogP contribution in [-0.2, 0) is 16.0 Å². The fraction of sp³-hybridized carbons (Fsp3) is 0.227. The Morgan fingerprint density at radius 2 is 1.63 bits per heavy atom. The van der Waals surface area contributed by atoms with Crippen molar-refractivity contribution in [1.29, 1.82) is 0 Å². The van der Waals surface area contributed by atoms with Crippen molar-refractivity contribution in [3.05, 3.63) is 70.8 Å². The van der Waals surface area contributed by atoms with Gasteiger partial charge in [-0.2, -0.15) is 0 Å². The second-order valence-electron chi connectivity index (χ2n) is 6.37. The normalized spacial score (nSPS) is 11.0. The van der Waals surface area contributed by atoms with E-state index in [-0.39, 0.29) is 23.2 Å². The molecule has 0 fully saturated rings. The van der Waals surface area contributed by atoms with Gasteiger partial charge in [-0.25, -0.2) is 0 Å². The Morgan fingerprint density at radius 3 is 2.22 bits per heavy atom. The molecule has 2 amide bonds. The maximum atomic E-state index is 12.3. The number of para-hydroxylation sites is 1. The first-order valence-corrected chi connectivity index (χ1v) is 8.82. The van der Waals surface area contributed by atoms with Gasteiger partial charge < -0.3 is 10.6 Å². The lowest BCUT2D eigenvalue weighted by atomic mass is 10.1. The second kappa shape index (κ2) is 8.94. The highest BCUT2D eigenvalue weighted by Gasteiger charge is 2.10. The van der Waals surface area contributed by atoms with E-state index in [9.17, 15) is 14.4 Å². The highest BCUT2D eigenvalue weighted by molar-refractivity contribution is 6.10. The average molecular weight is 364 g/mol. The summed E-state index contributed by atoms with van der Waals surface area (Å²) in [6.45, 7) is 7.02. The van der Waals surface area contributed by atoms with E-state index < -0.39 is 0 Å². The third-order valence-corrected chi connectivity index (χ3v) is 4.24. The number of carbonyl (C=O) groups excluding carboxylic acids is 3. The molecule has 27 heavy (non-hydrogen) atoms. The van der Waals surface area contributed by atoms with E-state index in [2.05, 4.69) is 10.6 Å². The molecule has 0 heterocycles. The van der Waals surface area contributed by atoms with Gasteiger partial charge in [0.15, 0.2) is 5.78 Å². The van der Waals surface area contributed by atoms with Crippen LogP contribution in [-0.4, -0.2) is 17.6 Å². The highest BCUT2D eigenvalue weighted by atomic mass is 16.2. The molecule has 5 heteroatoms. The lowest BCUT2D eigenvalue weighted by Gasteiger charge is -2.12. The van der Waals surface area contributed by atoms with Gasteiger partial charge in [0.25, 0.3) is 5.91 Å². The minimum Gasteiger partial charge on any atom is -0.322 e. The molecule has 140 valence electrons. The van der Waals surface area contributed by atoms with Crippen LogP contribution in [0.15, 0.2) is 54.1 Å². The Morgan fingerprint density at radius 1 is 0.963 bits per heavy atom. The Hall–Kier alpha value is -3.21. The van der Waals surface area contributed by atoms with Gasteiger partial charge in [-0.15, -0.1) is 0 Å². The molecule has 0 aliphatic carbocycles. The molecule has 0 aliphatic rings. The van der Waals surface area contributed by atoms with Gasteiger partial charge in [0, 0.05) is 28.6 Å². The Labute approximate surface area is 159 Å². The molecule has 0 aromatic heterocycles. The minimum absolute atomic E-state index is 0.0386. The molecule has 0 spiro atoms. The summed E-state index contributed by atoms with van der Waals surface area (Å²) in [5.41, 5.74) is 4.23. The van der Waals surface area contributed by atoms with Crippen LogP contribution in [0.25, 0.3) is 0 Å². The topological polar surface area (TPSA) is 75.3 Å². The van der Waals surface area contributed by atoms with E-state index >= 15 is 0 Å². The van der Waals surface area contributed by atoms with Gasteiger partial charge in [-0.05, 0) is 62.6 Å². The van der Waals surface area contributed by atoms with Crippen LogP contribution in [0.4, 0.5) is 11.4 Å². The molecule has 0 bridgehead atoms. The summed E-state index contributed by atoms with van der Waals surface area (Å²) in [6, 6.07) is 12.5. The Bertz CT molecular complexity index is 896. The number of rotatable bonds is 6. The zero-order chi connectivity index (χ0) is 20.0. The number of nitrogens with one attached hydrogen (secondary N) is 2. The molecule has 0 saturated heterocycles. The van der Waals surface area contributed by atoms with E-state index in [1.54, 1.807) is 31.2 Å². The standard InChI is InChI=1S/C22H24N2O3/c1-5-17-8-6-7-14(2)21(17)24-20(26)13-15(3)22(27)23-19-11-9-18(10-12-19)16(4)25/h6-13H,5H2,1-4H3,(H,23,27)(H,24,26)/b15-13-. The molecule has 2 rings (SSSR count). The van der Waals surface area contributed by atoms with Crippen LogP contribution in [0, 0.1) is 6.92 Å². The number of anilines is 2. The fourth-order valence-corrected chi connectivity index (χ4v) is 2.64.